The lowest BCUT2D eigenvalue weighted by Gasteiger charge is -2.11. The van der Waals surface area contributed by atoms with Crippen molar-refractivity contribution in [3.63, 3.8) is 0 Å². The van der Waals surface area contributed by atoms with Gasteiger partial charge in [-0.2, -0.15) is 0 Å². The molecule has 5 heteroatoms. The number of rotatable bonds is 10. The molecule has 142 valence electrons. The average molecular weight is 365 g/mol. The summed E-state index contributed by atoms with van der Waals surface area (Å²) in [6.45, 7) is 6.36. The third kappa shape index (κ3) is 4.88. The number of benzene rings is 2. The van der Waals surface area contributed by atoms with Crippen molar-refractivity contribution in [2.24, 2.45) is 0 Å². The van der Waals surface area contributed by atoms with Crippen LogP contribution in [-0.2, 0) is 17.8 Å². The molecule has 1 N–H and O–H groups in total. The number of aromatic nitrogens is 2. The summed E-state index contributed by atoms with van der Waals surface area (Å²) in [4.78, 5) is 15.2. The van der Waals surface area contributed by atoms with E-state index in [1.165, 1.54) is 11.1 Å². The third-order valence-corrected chi connectivity index (χ3v) is 4.69. The number of nitrogens with one attached hydrogen (secondary N) is 1. The van der Waals surface area contributed by atoms with Crippen LogP contribution < -0.4 is 10.1 Å². The molecule has 0 atom stereocenters. The lowest BCUT2D eigenvalue weighted by atomic mass is 10.1. The second-order valence-electron chi connectivity index (χ2n) is 6.81. The second kappa shape index (κ2) is 9.21. The summed E-state index contributed by atoms with van der Waals surface area (Å²) in [6, 6.07) is 14.5. The van der Waals surface area contributed by atoms with E-state index >= 15 is 0 Å². The Labute approximate surface area is 160 Å². The van der Waals surface area contributed by atoms with Gasteiger partial charge < -0.3 is 14.6 Å². The van der Waals surface area contributed by atoms with E-state index in [9.17, 15) is 4.79 Å². The Morgan fingerprint density at radius 3 is 2.85 bits per heavy atom. The fourth-order valence-electron chi connectivity index (χ4n) is 3.23. The number of fused-ring (bicyclic) bond motifs is 1. The third-order valence-electron chi connectivity index (χ3n) is 4.69. The van der Waals surface area contributed by atoms with Gasteiger partial charge in [-0.05, 0) is 56.0 Å². The number of hydrogen-bond donors (Lipinski definition) is 1. The summed E-state index contributed by atoms with van der Waals surface area (Å²) in [5, 5.41) is 2.72. The van der Waals surface area contributed by atoms with Crippen LogP contribution in [0.5, 0.6) is 5.75 Å². The van der Waals surface area contributed by atoms with Crippen molar-refractivity contribution >= 4 is 17.4 Å². The predicted octanol–water partition coefficient (Wildman–Crippen LogP) is 3.80. The highest BCUT2D eigenvalue weighted by atomic mass is 16.5. The second-order valence-corrected chi connectivity index (χ2v) is 6.81. The lowest BCUT2D eigenvalue weighted by Crippen LogP contribution is -2.17. The number of imidazole rings is 1. The number of carbonyl (C=O) groups excluding carboxylic acids is 1. The molecule has 5 nitrogen and oxygen atoms in total. The summed E-state index contributed by atoms with van der Waals surface area (Å²) in [5.41, 5.74) is 4.54. The van der Waals surface area contributed by atoms with Gasteiger partial charge in [0.25, 0.3) is 0 Å². The van der Waals surface area contributed by atoms with E-state index in [2.05, 4.69) is 48.0 Å². The molecular formula is C22H27N3O2. The van der Waals surface area contributed by atoms with Crippen molar-refractivity contribution in [1.82, 2.24) is 14.9 Å². The summed E-state index contributed by atoms with van der Waals surface area (Å²) >= 11 is 0. The van der Waals surface area contributed by atoms with Crippen LogP contribution in [0, 0.1) is 13.8 Å². The molecule has 2 aromatic carbocycles. The highest BCUT2D eigenvalue weighted by Crippen LogP contribution is 2.20. The topological polar surface area (TPSA) is 56.1 Å². The van der Waals surface area contributed by atoms with E-state index in [0.717, 1.165) is 54.8 Å². The number of nitrogens with zero attached hydrogens (tertiary/aromatic N) is 2. The normalized spacial score (nSPS) is 10.9. The van der Waals surface area contributed by atoms with Crippen molar-refractivity contribution in [2.75, 3.05) is 13.2 Å². The van der Waals surface area contributed by atoms with Gasteiger partial charge in [-0.3, -0.25) is 4.79 Å². The van der Waals surface area contributed by atoms with E-state index < -0.39 is 0 Å². The first kappa shape index (κ1) is 19.0. The monoisotopic (exact) mass is 365 g/mol. The maximum absolute atomic E-state index is 10.5. The molecule has 0 aliphatic carbocycles. The Balaban J connectivity index is 1.58. The highest BCUT2D eigenvalue weighted by Gasteiger charge is 2.10. The Bertz CT molecular complexity index is 902. The number of carbonyl (C=O) groups is 1. The van der Waals surface area contributed by atoms with E-state index in [4.69, 9.17) is 9.72 Å². The maximum atomic E-state index is 10.5. The maximum Gasteiger partial charge on any atom is 0.207 e. The number of para-hydroxylation sites is 2. The standard InChI is InChI=1S/C22H27N3O2/c1-17-9-10-18(2)21(15-17)27-14-6-5-13-25-20-8-4-3-7-19(20)24-22(25)11-12-23-16-26/h3-4,7-10,15-16H,5-6,11-14H2,1-2H3,(H,23,26). The van der Waals surface area contributed by atoms with Gasteiger partial charge in [0, 0.05) is 19.5 Å². The van der Waals surface area contributed by atoms with Crippen LogP contribution in [0.25, 0.3) is 11.0 Å². The van der Waals surface area contributed by atoms with Gasteiger partial charge in [0.05, 0.1) is 17.6 Å². The zero-order chi connectivity index (χ0) is 19.1. The molecule has 0 saturated carbocycles. The average Bonchev–Trinajstić information content (AvgIpc) is 3.02. The van der Waals surface area contributed by atoms with E-state index in [0.29, 0.717) is 13.2 Å². The first-order valence-electron chi connectivity index (χ1n) is 9.50. The number of ether oxygens (including phenoxy) is 1. The molecule has 0 aliphatic rings. The molecule has 0 bridgehead atoms. The SMILES string of the molecule is Cc1ccc(C)c(OCCCCn2c(CCNC=O)nc3ccccc32)c1. The molecular weight excluding hydrogens is 338 g/mol. The minimum Gasteiger partial charge on any atom is -0.493 e. The van der Waals surface area contributed by atoms with Gasteiger partial charge in [0.2, 0.25) is 6.41 Å². The number of hydrogen-bond acceptors (Lipinski definition) is 3. The molecule has 3 rings (SSSR count). The first-order valence-corrected chi connectivity index (χ1v) is 9.50. The van der Waals surface area contributed by atoms with Crippen molar-refractivity contribution in [1.29, 1.82) is 0 Å². The minimum absolute atomic E-state index is 0.600. The van der Waals surface area contributed by atoms with Gasteiger partial charge in [-0.1, -0.05) is 24.3 Å². The summed E-state index contributed by atoms with van der Waals surface area (Å²) in [7, 11) is 0. The van der Waals surface area contributed by atoms with Crippen molar-refractivity contribution < 1.29 is 9.53 Å². The molecule has 27 heavy (non-hydrogen) atoms. The number of unbranched alkanes of at least 4 members (excludes halogenated alkanes) is 1. The zero-order valence-corrected chi connectivity index (χ0v) is 16.1. The Kier molecular flexibility index (Phi) is 6.47. The lowest BCUT2D eigenvalue weighted by molar-refractivity contribution is -0.109. The van der Waals surface area contributed by atoms with E-state index in [-0.39, 0.29) is 0 Å². The zero-order valence-electron chi connectivity index (χ0n) is 16.1. The van der Waals surface area contributed by atoms with Gasteiger partial charge in [-0.15, -0.1) is 0 Å². The molecule has 0 fully saturated rings. The highest BCUT2D eigenvalue weighted by molar-refractivity contribution is 5.75. The van der Waals surface area contributed by atoms with Crippen LogP contribution in [0.1, 0.15) is 29.8 Å². The number of amides is 1. The molecule has 0 saturated heterocycles. The molecule has 0 unspecified atom stereocenters. The molecule has 0 spiro atoms. The van der Waals surface area contributed by atoms with E-state index in [1.54, 1.807) is 0 Å². The minimum atomic E-state index is 0.600. The molecule has 0 aliphatic heterocycles. The summed E-state index contributed by atoms with van der Waals surface area (Å²) < 4.78 is 8.22. The molecule has 1 aromatic heterocycles. The fourth-order valence-corrected chi connectivity index (χ4v) is 3.23. The molecule has 0 radical (unpaired) electrons. The predicted molar refractivity (Wildman–Crippen MR) is 108 cm³/mol. The first-order chi connectivity index (χ1) is 13.2. The number of aryl methyl sites for hydroxylation is 3. The van der Waals surface area contributed by atoms with Crippen LogP contribution in [-0.4, -0.2) is 29.1 Å². The van der Waals surface area contributed by atoms with Crippen LogP contribution in [0.3, 0.4) is 0 Å². The van der Waals surface area contributed by atoms with Gasteiger partial charge in [0.1, 0.15) is 11.6 Å². The Morgan fingerprint density at radius 1 is 1.15 bits per heavy atom. The van der Waals surface area contributed by atoms with Crippen LogP contribution in [0.15, 0.2) is 42.5 Å². The van der Waals surface area contributed by atoms with E-state index in [1.807, 2.05) is 18.2 Å². The summed E-state index contributed by atoms with van der Waals surface area (Å²) in [5.74, 6) is 1.99. The Hall–Kier alpha value is -2.82. The largest absolute Gasteiger partial charge is 0.493 e. The smallest absolute Gasteiger partial charge is 0.207 e. The van der Waals surface area contributed by atoms with Gasteiger partial charge in [-0.25, -0.2) is 4.98 Å². The fraction of sp³-hybridized carbons (Fsp3) is 0.364. The van der Waals surface area contributed by atoms with Crippen LogP contribution in [0.4, 0.5) is 0 Å². The van der Waals surface area contributed by atoms with Crippen molar-refractivity contribution in [3.05, 3.63) is 59.4 Å². The van der Waals surface area contributed by atoms with Crippen molar-refractivity contribution in [2.45, 2.75) is 39.7 Å². The van der Waals surface area contributed by atoms with Crippen molar-refractivity contribution in [3.8, 4) is 5.75 Å². The van der Waals surface area contributed by atoms with Gasteiger partial charge in [0.15, 0.2) is 0 Å². The molecule has 3 aromatic rings. The summed E-state index contributed by atoms with van der Waals surface area (Å²) in [6.07, 6.45) is 3.45. The quantitative estimate of drug-likeness (QED) is 0.439. The molecule has 1 amide bonds. The van der Waals surface area contributed by atoms with Crippen LogP contribution in [0.2, 0.25) is 0 Å². The van der Waals surface area contributed by atoms with Crippen LogP contribution >= 0.6 is 0 Å². The van der Waals surface area contributed by atoms with Gasteiger partial charge >= 0.3 is 0 Å². The Morgan fingerprint density at radius 2 is 2.00 bits per heavy atom. The molecule has 1 heterocycles.